The molecule has 9 nitrogen and oxygen atoms in total. The van der Waals surface area contributed by atoms with Crippen LogP contribution in [0.5, 0.6) is 0 Å². The number of nitrogens with one attached hydrogen (secondary N) is 2. The highest BCUT2D eigenvalue weighted by Gasteiger charge is 2.25. The maximum Gasteiger partial charge on any atom is 0.329 e. The van der Waals surface area contributed by atoms with E-state index >= 15 is 0 Å². The lowest BCUT2D eigenvalue weighted by Gasteiger charge is -2.17. The third kappa shape index (κ3) is 6.97. The Bertz CT molecular complexity index is 969. The Morgan fingerprint density at radius 3 is 1.59 bits per heavy atom. The molecule has 2 amide bonds. The fourth-order valence-corrected chi connectivity index (χ4v) is 5.10. The summed E-state index contributed by atoms with van der Waals surface area (Å²) in [6.07, 6.45) is 0. The standard InChI is InChI=1S/C23H25N3O6S2/c1-31-22(29)18-12-33-10-14-6-8-15(9-7-14)11-34-13-19(23(30)32-2)26-21(28)17-5-3-4-16(24-17)20(27)25-18/h3-9,18-19H,10-13H2,1-2H3,(H,25,27)(H,26,28)/t18-,19-/m0/s1. The Hall–Kier alpha value is -3.05. The molecule has 0 aliphatic carbocycles. The van der Waals surface area contributed by atoms with Gasteiger partial charge in [-0.05, 0) is 23.3 Å². The van der Waals surface area contributed by atoms with Gasteiger partial charge in [-0.15, -0.1) is 0 Å². The minimum atomic E-state index is -0.886. The summed E-state index contributed by atoms with van der Waals surface area (Å²) in [6, 6.07) is 10.6. The SMILES string of the molecule is COC(=O)[C@@H]1CSCc2ccc(cc2)CSC[C@@H](C(=O)OC)NC(=O)c2cccc(n2)C(=O)N1. The normalized spacial score (nSPS) is 19.6. The van der Waals surface area contributed by atoms with Gasteiger partial charge in [-0.2, -0.15) is 23.5 Å². The summed E-state index contributed by atoms with van der Waals surface area (Å²) in [5.41, 5.74) is 2.06. The quantitative estimate of drug-likeness (QED) is 0.591. The van der Waals surface area contributed by atoms with Crippen molar-refractivity contribution in [1.29, 1.82) is 0 Å². The number of carbonyl (C=O) groups is 4. The summed E-state index contributed by atoms with van der Waals surface area (Å²) in [5.74, 6) is -0.488. The van der Waals surface area contributed by atoms with Gasteiger partial charge in [0, 0.05) is 23.0 Å². The Morgan fingerprint density at radius 1 is 0.794 bits per heavy atom. The highest BCUT2D eigenvalue weighted by molar-refractivity contribution is 7.98. The van der Waals surface area contributed by atoms with Gasteiger partial charge in [-0.1, -0.05) is 30.3 Å². The Morgan fingerprint density at radius 2 is 1.21 bits per heavy atom. The van der Waals surface area contributed by atoms with E-state index in [0.717, 1.165) is 11.1 Å². The second-order valence-electron chi connectivity index (χ2n) is 7.35. The largest absolute Gasteiger partial charge is 0.467 e. The van der Waals surface area contributed by atoms with E-state index in [1.807, 2.05) is 24.3 Å². The minimum absolute atomic E-state index is 0.0382. The number of amides is 2. The maximum atomic E-state index is 12.8. The molecule has 0 radical (unpaired) electrons. The number of aromatic nitrogens is 1. The minimum Gasteiger partial charge on any atom is -0.467 e. The first-order valence-electron chi connectivity index (χ1n) is 10.4. The predicted molar refractivity (Wildman–Crippen MR) is 130 cm³/mol. The molecule has 0 fully saturated rings. The highest BCUT2D eigenvalue weighted by Crippen LogP contribution is 2.19. The number of benzene rings is 1. The van der Waals surface area contributed by atoms with E-state index in [9.17, 15) is 19.2 Å². The van der Waals surface area contributed by atoms with Gasteiger partial charge in [0.05, 0.1) is 14.2 Å². The lowest BCUT2D eigenvalue weighted by molar-refractivity contribution is -0.143. The zero-order chi connectivity index (χ0) is 24.5. The molecule has 2 atom stereocenters. The van der Waals surface area contributed by atoms with Gasteiger partial charge < -0.3 is 20.1 Å². The van der Waals surface area contributed by atoms with E-state index in [1.54, 1.807) is 0 Å². The third-order valence-corrected chi connectivity index (χ3v) is 7.14. The first-order chi connectivity index (χ1) is 16.4. The topological polar surface area (TPSA) is 124 Å². The third-order valence-electron chi connectivity index (χ3n) is 4.93. The Labute approximate surface area is 205 Å². The number of methoxy groups -OCH3 is 2. The van der Waals surface area contributed by atoms with Crippen molar-refractivity contribution >= 4 is 47.3 Å². The molecule has 2 aromatic rings. The predicted octanol–water partition coefficient (Wildman–Crippen LogP) is 1.80. The number of fused-ring (bicyclic) bond motifs is 12. The number of hydrogen-bond donors (Lipinski definition) is 2. The number of pyridine rings is 1. The summed E-state index contributed by atoms with van der Waals surface area (Å²) in [5, 5.41) is 5.26. The van der Waals surface area contributed by atoms with E-state index in [1.165, 1.54) is 55.9 Å². The van der Waals surface area contributed by atoms with Crippen molar-refractivity contribution in [2.24, 2.45) is 0 Å². The van der Waals surface area contributed by atoms with Gasteiger partial charge in [-0.25, -0.2) is 14.6 Å². The lowest BCUT2D eigenvalue weighted by Crippen LogP contribution is -2.44. The summed E-state index contributed by atoms with van der Waals surface area (Å²) in [4.78, 5) is 54.1. The molecule has 3 heterocycles. The van der Waals surface area contributed by atoms with Crippen LogP contribution in [0.15, 0.2) is 42.5 Å². The van der Waals surface area contributed by atoms with Crippen LogP contribution in [0.2, 0.25) is 0 Å². The van der Waals surface area contributed by atoms with Crippen LogP contribution >= 0.6 is 23.5 Å². The van der Waals surface area contributed by atoms with Gasteiger partial charge in [-0.3, -0.25) is 9.59 Å². The van der Waals surface area contributed by atoms with Crippen molar-refractivity contribution in [2.45, 2.75) is 23.6 Å². The number of esters is 2. The molecule has 4 bridgehead atoms. The molecule has 2 aliphatic heterocycles. The number of nitrogens with zero attached hydrogens (tertiary/aromatic N) is 1. The molecule has 0 unspecified atom stereocenters. The smallest absolute Gasteiger partial charge is 0.329 e. The highest BCUT2D eigenvalue weighted by atomic mass is 32.2. The van der Waals surface area contributed by atoms with Crippen LogP contribution in [0.1, 0.15) is 32.1 Å². The molecule has 0 saturated carbocycles. The molecule has 1 aromatic heterocycles. The fourth-order valence-electron chi connectivity index (χ4n) is 3.09. The van der Waals surface area contributed by atoms with Crippen molar-refractivity contribution in [2.75, 3.05) is 25.7 Å². The molecular weight excluding hydrogens is 478 g/mol. The maximum absolute atomic E-state index is 12.8. The van der Waals surface area contributed by atoms with Crippen LogP contribution in [-0.4, -0.2) is 66.5 Å². The van der Waals surface area contributed by atoms with Crippen LogP contribution in [0.25, 0.3) is 0 Å². The molecular formula is C23H25N3O6S2. The van der Waals surface area contributed by atoms with Crippen LogP contribution < -0.4 is 10.6 Å². The zero-order valence-electron chi connectivity index (χ0n) is 18.7. The first-order valence-corrected chi connectivity index (χ1v) is 12.7. The Balaban J connectivity index is 1.89. The number of carbonyl (C=O) groups excluding carboxylic acids is 4. The average Bonchev–Trinajstić information content (AvgIpc) is 2.86. The van der Waals surface area contributed by atoms with Crippen molar-refractivity contribution in [3.63, 3.8) is 0 Å². The Kier molecular flexibility index (Phi) is 9.34. The summed E-state index contributed by atoms with van der Waals surface area (Å²) in [6.45, 7) is 0. The van der Waals surface area contributed by atoms with E-state index in [0.29, 0.717) is 23.0 Å². The van der Waals surface area contributed by atoms with E-state index in [4.69, 9.17) is 9.47 Å². The number of thioether (sulfide) groups is 2. The lowest BCUT2D eigenvalue weighted by atomic mass is 10.2. The van der Waals surface area contributed by atoms with Crippen LogP contribution in [0, 0.1) is 0 Å². The molecule has 4 rings (SSSR count). The molecule has 180 valence electrons. The van der Waals surface area contributed by atoms with Gasteiger partial charge in [0.2, 0.25) is 0 Å². The van der Waals surface area contributed by atoms with Crippen molar-refractivity contribution in [3.05, 3.63) is 65.0 Å². The van der Waals surface area contributed by atoms with Gasteiger partial charge in [0.25, 0.3) is 11.8 Å². The van der Waals surface area contributed by atoms with Gasteiger partial charge >= 0.3 is 11.9 Å². The van der Waals surface area contributed by atoms with E-state index < -0.39 is 35.8 Å². The summed E-state index contributed by atoms with van der Waals surface area (Å²) >= 11 is 2.97. The molecule has 1 aromatic carbocycles. The zero-order valence-corrected chi connectivity index (χ0v) is 20.4. The number of ether oxygens (including phenoxy) is 2. The van der Waals surface area contributed by atoms with Crippen LogP contribution in [0.4, 0.5) is 0 Å². The molecule has 11 heteroatoms. The van der Waals surface area contributed by atoms with Crippen LogP contribution in [0.3, 0.4) is 0 Å². The molecule has 2 aliphatic rings. The molecule has 0 saturated heterocycles. The van der Waals surface area contributed by atoms with Crippen molar-refractivity contribution in [3.8, 4) is 0 Å². The summed E-state index contributed by atoms with van der Waals surface area (Å²) in [7, 11) is 2.51. The number of hydrogen-bond acceptors (Lipinski definition) is 9. The average molecular weight is 504 g/mol. The summed E-state index contributed by atoms with van der Waals surface area (Å²) < 4.78 is 9.66. The van der Waals surface area contributed by atoms with Crippen molar-refractivity contribution < 1.29 is 28.7 Å². The van der Waals surface area contributed by atoms with Gasteiger partial charge in [0.1, 0.15) is 23.5 Å². The fraction of sp³-hybridized carbons (Fsp3) is 0.348. The molecule has 2 N–H and O–H groups in total. The van der Waals surface area contributed by atoms with E-state index in [2.05, 4.69) is 15.6 Å². The molecule has 34 heavy (non-hydrogen) atoms. The van der Waals surface area contributed by atoms with Gasteiger partial charge in [0.15, 0.2) is 0 Å². The second kappa shape index (κ2) is 12.4. The van der Waals surface area contributed by atoms with Crippen LogP contribution in [-0.2, 0) is 30.6 Å². The second-order valence-corrected chi connectivity index (χ2v) is 9.41. The van der Waals surface area contributed by atoms with Crippen molar-refractivity contribution in [1.82, 2.24) is 15.6 Å². The number of rotatable bonds is 2. The molecule has 0 spiro atoms. The first kappa shape index (κ1) is 25.6. The monoisotopic (exact) mass is 503 g/mol. The van der Waals surface area contributed by atoms with E-state index in [-0.39, 0.29) is 11.4 Å².